The van der Waals surface area contributed by atoms with Crippen LogP contribution in [0.4, 0.5) is 0 Å². The summed E-state index contributed by atoms with van der Waals surface area (Å²) in [6.07, 6.45) is 0. The first-order chi connectivity index (χ1) is 15.5. The molecule has 7 heteroatoms. The second-order valence-corrected chi connectivity index (χ2v) is 8.66. The Hall–Kier alpha value is -2.64. The third-order valence-corrected chi connectivity index (χ3v) is 6.46. The van der Waals surface area contributed by atoms with Crippen molar-refractivity contribution in [2.45, 2.75) is 26.8 Å². The Bertz CT molecular complexity index is 1200. The summed E-state index contributed by atoms with van der Waals surface area (Å²) in [6.45, 7) is 9.66. The maximum absolute atomic E-state index is 13.6. The molecule has 1 aliphatic heterocycles. The van der Waals surface area contributed by atoms with E-state index >= 15 is 0 Å². The number of nitrogens with zero attached hydrogens (tertiary/aromatic N) is 2. The molecule has 0 radical (unpaired) electrons. The number of hydrogen-bond acceptors (Lipinski definition) is 5. The van der Waals surface area contributed by atoms with Gasteiger partial charge in [0.1, 0.15) is 11.3 Å². The molecule has 0 saturated carbocycles. The van der Waals surface area contributed by atoms with Crippen molar-refractivity contribution < 1.29 is 13.9 Å². The molecule has 168 valence electrons. The zero-order valence-electron chi connectivity index (χ0n) is 18.6. The van der Waals surface area contributed by atoms with Crippen molar-refractivity contribution >= 4 is 32.8 Å². The fraction of sp³-hybridized carbons (Fsp3) is 0.360. The third kappa shape index (κ3) is 4.07. The minimum atomic E-state index is -0.520. The van der Waals surface area contributed by atoms with Crippen molar-refractivity contribution in [3.8, 4) is 5.75 Å². The fourth-order valence-corrected chi connectivity index (χ4v) is 4.66. The van der Waals surface area contributed by atoms with E-state index in [2.05, 4.69) is 34.7 Å². The van der Waals surface area contributed by atoms with Gasteiger partial charge in [0.05, 0.1) is 23.6 Å². The van der Waals surface area contributed by atoms with E-state index in [0.717, 1.165) is 23.1 Å². The van der Waals surface area contributed by atoms with E-state index in [0.29, 0.717) is 42.0 Å². The van der Waals surface area contributed by atoms with Gasteiger partial charge in [0, 0.05) is 17.6 Å². The van der Waals surface area contributed by atoms with Crippen LogP contribution in [-0.2, 0) is 0 Å². The molecule has 1 aromatic heterocycles. The van der Waals surface area contributed by atoms with Crippen LogP contribution in [0.1, 0.15) is 48.5 Å². The van der Waals surface area contributed by atoms with E-state index in [1.54, 1.807) is 23.1 Å². The van der Waals surface area contributed by atoms with Crippen LogP contribution in [0.3, 0.4) is 0 Å². The molecule has 0 aliphatic carbocycles. The number of ether oxygens (including phenoxy) is 1. The van der Waals surface area contributed by atoms with Crippen molar-refractivity contribution in [1.82, 2.24) is 9.80 Å². The first-order valence-corrected chi connectivity index (χ1v) is 11.8. The number of likely N-dealkylation sites (N-methyl/N-ethyl adjacent to an activating group) is 1. The molecule has 0 spiro atoms. The predicted octanol–water partition coefficient (Wildman–Crippen LogP) is 4.84. The zero-order valence-corrected chi connectivity index (χ0v) is 20.1. The molecular weight excluding hydrogens is 472 g/mol. The minimum absolute atomic E-state index is 0.135. The average Bonchev–Trinajstić information content (AvgIpc) is 3.07. The molecule has 1 atom stereocenters. The summed E-state index contributed by atoms with van der Waals surface area (Å²) in [7, 11) is 0. The van der Waals surface area contributed by atoms with E-state index in [-0.39, 0.29) is 17.1 Å². The second-order valence-electron chi connectivity index (χ2n) is 7.75. The predicted molar refractivity (Wildman–Crippen MR) is 128 cm³/mol. The molecule has 3 aromatic rings. The van der Waals surface area contributed by atoms with Crippen LogP contribution >= 0.6 is 15.9 Å². The molecule has 0 fully saturated rings. The van der Waals surface area contributed by atoms with Crippen LogP contribution in [0.2, 0.25) is 0 Å². The van der Waals surface area contributed by atoms with E-state index in [4.69, 9.17) is 9.15 Å². The van der Waals surface area contributed by atoms with Crippen LogP contribution in [0.5, 0.6) is 5.75 Å². The second kappa shape index (κ2) is 9.46. The number of rotatable bonds is 8. The van der Waals surface area contributed by atoms with Gasteiger partial charge in [-0.2, -0.15) is 0 Å². The molecule has 1 aliphatic rings. The van der Waals surface area contributed by atoms with Crippen molar-refractivity contribution in [3.63, 3.8) is 0 Å². The van der Waals surface area contributed by atoms with Crippen LogP contribution < -0.4 is 10.2 Å². The summed E-state index contributed by atoms with van der Waals surface area (Å²) >= 11 is 3.43. The molecule has 4 rings (SSSR count). The highest BCUT2D eigenvalue weighted by Crippen LogP contribution is 2.39. The lowest BCUT2D eigenvalue weighted by molar-refractivity contribution is 0.0708. The smallest absolute Gasteiger partial charge is 0.290 e. The van der Waals surface area contributed by atoms with E-state index < -0.39 is 6.04 Å². The number of benzene rings is 2. The lowest BCUT2D eigenvalue weighted by Gasteiger charge is -2.28. The first-order valence-electron chi connectivity index (χ1n) is 11.0. The van der Waals surface area contributed by atoms with Gasteiger partial charge in [-0.1, -0.05) is 41.9 Å². The molecule has 1 unspecified atom stereocenters. The van der Waals surface area contributed by atoms with Gasteiger partial charge in [-0.15, -0.1) is 0 Å². The highest BCUT2D eigenvalue weighted by molar-refractivity contribution is 9.10. The summed E-state index contributed by atoms with van der Waals surface area (Å²) in [4.78, 5) is 31.1. The minimum Gasteiger partial charge on any atom is -0.494 e. The monoisotopic (exact) mass is 498 g/mol. The Morgan fingerprint density at radius 2 is 1.88 bits per heavy atom. The number of fused-ring (bicyclic) bond motifs is 2. The Labute approximate surface area is 195 Å². The van der Waals surface area contributed by atoms with Crippen molar-refractivity contribution in [1.29, 1.82) is 0 Å². The largest absolute Gasteiger partial charge is 0.494 e. The third-order valence-electron chi connectivity index (χ3n) is 5.96. The molecule has 0 saturated heterocycles. The quantitative estimate of drug-likeness (QED) is 0.444. The topological polar surface area (TPSA) is 63.0 Å². The van der Waals surface area contributed by atoms with Gasteiger partial charge in [-0.05, 0) is 55.9 Å². The lowest BCUT2D eigenvalue weighted by Crippen LogP contribution is -2.37. The van der Waals surface area contributed by atoms with Crippen molar-refractivity contribution in [2.24, 2.45) is 0 Å². The average molecular weight is 499 g/mol. The summed E-state index contributed by atoms with van der Waals surface area (Å²) in [6, 6.07) is 12.4. The Morgan fingerprint density at radius 1 is 1.09 bits per heavy atom. The van der Waals surface area contributed by atoms with Gasteiger partial charge in [0.2, 0.25) is 5.76 Å². The van der Waals surface area contributed by atoms with Crippen molar-refractivity contribution in [2.75, 3.05) is 32.8 Å². The molecular formula is C25H27BrN2O4. The summed E-state index contributed by atoms with van der Waals surface area (Å²) in [5.74, 6) is 0.597. The molecule has 2 aromatic carbocycles. The molecule has 1 amide bonds. The first kappa shape index (κ1) is 22.6. The van der Waals surface area contributed by atoms with Gasteiger partial charge >= 0.3 is 0 Å². The van der Waals surface area contributed by atoms with Gasteiger partial charge in [0.15, 0.2) is 5.43 Å². The molecule has 32 heavy (non-hydrogen) atoms. The standard InChI is InChI=1S/C25H27BrN2O4/c1-4-27(5-2)12-13-28-22(16-8-7-9-18(14-16)31-6-3)21-23(29)19-15-17(26)10-11-20(19)32-24(21)25(28)30/h7-11,14-15,22H,4-6,12-13H2,1-3H3. The highest BCUT2D eigenvalue weighted by Gasteiger charge is 2.42. The van der Waals surface area contributed by atoms with Crippen LogP contribution in [0, 0.1) is 0 Å². The van der Waals surface area contributed by atoms with Crippen LogP contribution in [0.15, 0.2) is 56.1 Å². The maximum Gasteiger partial charge on any atom is 0.290 e. The van der Waals surface area contributed by atoms with E-state index in [1.807, 2.05) is 31.2 Å². The lowest BCUT2D eigenvalue weighted by atomic mass is 9.98. The molecule has 0 bridgehead atoms. The van der Waals surface area contributed by atoms with Crippen LogP contribution in [-0.4, -0.2) is 48.5 Å². The molecule has 6 nitrogen and oxygen atoms in total. The highest BCUT2D eigenvalue weighted by atomic mass is 79.9. The number of carbonyl (C=O) groups excluding carboxylic acids is 1. The normalized spacial score (nSPS) is 15.6. The number of hydrogen-bond donors (Lipinski definition) is 0. The maximum atomic E-state index is 13.6. The van der Waals surface area contributed by atoms with Gasteiger partial charge in [-0.3, -0.25) is 9.59 Å². The SMILES string of the molecule is CCOc1cccc(C2c3c(oc4ccc(Br)cc4c3=O)C(=O)N2CCN(CC)CC)c1. The molecule has 0 N–H and O–H groups in total. The van der Waals surface area contributed by atoms with E-state index in [1.165, 1.54) is 0 Å². The van der Waals surface area contributed by atoms with Gasteiger partial charge < -0.3 is 19.0 Å². The number of halogens is 1. The Morgan fingerprint density at radius 3 is 2.59 bits per heavy atom. The van der Waals surface area contributed by atoms with E-state index in [9.17, 15) is 9.59 Å². The summed E-state index contributed by atoms with van der Waals surface area (Å²) in [5, 5.41) is 0.461. The van der Waals surface area contributed by atoms with Gasteiger partial charge in [0.25, 0.3) is 5.91 Å². The summed E-state index contributed by atoms with van der Waals surface area (Å²) < 4.78 is 12.5. The fourth-order valence-electron chi connectivity index (χ4n) is 4.30. The number of amides is 1. The number of carbonyl (C=O) groups is 1. The van der Waals surface area contributed by atoms with Crippen molar-refractivity contribution in [3.05, 3.63) is 74.0 Å². The Kier molecular flexibility index (Phi) is 6.67. The van der Waals surface area contributed by atoms with Crippen LogP contribution in [0.25, 0.3) is 11.0 Å². The summed E-state index contributed by atoms with van der Waals surface area (Å²) in [5.41, 5.74) is 1.48. The molecule has 2 heterocycles. The zero-order chi connectivity index (χ0) is 22.8. The Balaban J connectivity index is 1.87. The van der Waals surface area contributed by atoms with Gasteiger partial charge in [-0.25, -0.2) is 0 Å².